The largest absolute Gasteiger partial charge is 0.338 e. The minimum atomic E-state index is 0.0896. The molecule has 4 heteroatoms. The number of piperidine rings is 1. The van der Waals surface area contributed by atoms with E-state index in [-0.39, 0.29) is 6.03 Å². The van der Waals surface area contributed by atoms with Gasteiger partial charge in [0.1, 0.15) is 0 Å². The van der Waals surface area contributed by atoms with Gasteiger partial charge >= 0.3 is 6.03 Å². The van der Waals surface area contributed by atoms with E-state index >= 15 is 0 Å². The minimum Gasteiger partial charge on any atom is -0.338 e. The van der Waals surface area contributed by atoms with Crippen LogP contribution in [-0.4, -0.2) is 43.7 Å². The number of carbonyl (C=O) groups is 1. The van der Waals surface area contributed by atoms with Crippen molar-refractivity contribution < 1.29 is 4.79 Å². The number of urea groups is 1. The maximum absolute atomic E-state index is 11.6. The summed E-state index contributed by atoms with van der Waals surface area (Å²) in [5.41, 5.74) is 0. The molecule has 0 aromatic carbocycles. The van der Waals surface area contributed by atoms with Gasteiger partial charge in [-0.2, -0.15) is 0 Å². The molecule has 0 bridgehead atoms. The molecule has 1 atom stereocenters. The molecule has 82 valence electrons. The molecular formula is C10H21N3O. The average molecular weight is 199 g/mol. The first-order valence-corrected chi connectivity index (χ1v) is 5.48. The second-order valence-electron chi connectivity index (χ2n) is 3.81. The van der Waals surface area contributed by atoms with Gasteiger partial charge < -0.3 is 15.5 Å². The van der Waals surface area contributed by atoms with E-state index in [2.05, 4.69) is 17.6 Å². The van der Waals surface area contributed by atoms with Gasteiger partial charge in [-0.25, -0.2) is 4.79 Å². The zero-order valence-corrected chi connectivity index (χ0v) is 9.18. The second-order valence-corrected chi connectivity index (χ2v) is 3.81. The summed E-state index contributed by atoms with van der Waals surface area (Å²) in [5.74, 6) is 0. The molecule has 0 aromatic rings. The van der Waals surface area contributed by atoms with Crippen LogP contribution in [0.2, 0.25) is 0 Å². The lowest BCUT2D eigenvalue weighted by Crippen LogP contribution is -2.50. The Bertz CT molecular complexity index is 184. The van der Waals surface area contributed by atoms with E-state index in [1.54, 1.807) is 0 Å². The molecule has 14 heavy (non-hydrogen) atoms. The lowest BCUT2D eigenvalue weighted by Gasteiger charge is -2.32. The van der Waals surface area contributed by atoms with E-state index < -0.39 is 0 Å². The van der Waals surface area contributed by atoms with E-state index in [0.29, 0.717) is 6.04 Å². The van der Waals surface area contributed by atoms with Gasteiger partial charge in [0.25, 0.3) is 0 Å². The van der Waals surface area contributed by atoms with Crippen LogP contribution in [0, 0.1) is 0 Å². The molecule has 2 amide bonds. The first-order valence-electron chi connectivity index (χ1n) is 5.48. The molecule has 1 rings (SSSR count). The fraction of sp³-hybridized carbons (Fsp3) is 0.900. The highest BCUT2D eigenvalue weighted by Gasteiger charge is 2.21. The molecule has 1 heterocycles. The van der Waals surface area contributed by atoms with Crippen LogP contribution >= 0.6 is 0 Å². The Kier molecular flexibility index (Phi) is 4.73. The Balaban J connectivity index is 2.31. The van der Waals surface area contributed by atoms with Gasteiger partial charge in [0.15, 0.2) is 0 Å². The van der Waals surface area contributed by atoms with Gasteiger partial charge in [-0.1, -0.05) is 6.92 Å². The van der Waals surface area contributed by atoms with Crippen molar-refractivity contribution in [1.82, 2.24) is 15.5 Å². The van der Waals surface area contributed by atoms with Crippen LogP contribution in [0.3, 0.4) is 0 Å². The molecule has 1 fully saturated rings. The molecular weight excluding hydrogens is 178 g/mol. The summed E-state index contributed by atoms with van der Waals surface area (Å²) in [7, 11) is 1.96. The van der Waals surface area contributed by atoms with Crippen molar-refractivity contribution in [2.24, 2.45) is 0 Å². The fourth-order valence-electron chi connectivity index (χ4n) is 1.74. The predicted molar refractivity (Wildman–Crippen MR) is 57.3 cm³/mol. The number of likely N-dealkylation sites (tertiary alicyclic amines) is 1. The summed E-state index contributed by atoms with van der Waals surface area (Å²) in [5, 5.41) is 6.13. The summed E-state index contributed by atoms with van der Waals surface area (Å²) in [4.78, 5) is 13.5. The van der Waals surface area contributed by atoms with Crippen molar-refractivity contribution in [3.63, 3.8) is 0 Å². The molecule has 0 aromatic heterocycles. The van der Waals surface area contributed by atoms with Gasteiger partial charge in [-0.3, -0.25) is 0 Å². The first-order chi connectivity index (χ1) is 6.77. The highest BCUT2D eigenvalue weighted by atomic mass is 16.2. The number of hydrogen-bond acceptors (Lipinski definition) is 2. The summed E-state index contributed by atoms with van der Waals surface area (Å²) < 4.78 is 0. The van der Waals surface area contributed by atoms with Gasteiger partial charge in [0.05, 0.1) is 0 Å². The van der Waals surface area contributed by atoms with Crippen LogP contribution in [0.5, 0.6) is 0 Å². The quantitative estimate of drug-likeness (QED) is 0.706. The molecule has 0 radical (unpaired) electrons. The number of carbonyl (C=O) groups excluding carboxylic acids is 1. The Morgan fingerprint density at radius 3 is 3.00 bits per heavy atom. The normalized spacial score (nSPS) is 22.1. The van der Waals surface area contributed by atoms with Crippen LogP contribution in [0.15, 0.2) is 0 Å². The van der Waals surface area contributed by atoms with Crippen molar-refractivity contribution in [3.05, 3.63) is 0 Å². The summed E-state index contributed by atoms with van der Waals surface area (Å²) in [6.07, 6.45) is 3.27. The molecule has 1 aliphatic rings. The van der Waals surface area contributed by atoms with Crippen LogP contribution in [0.25, 0.3) is 0 Å². The Hall–Kier alpha value is -0.770. The third-order valence-corrected chi connectivity index (χ3v) is 2.64. The van der Waals surface area contributed by atoms with Crippen LogP contribution in [0.1, 0.15) is 26.2 Å². The predicted octanol–water partition coefficient (Wildman–Crippen LogP) is 0.790. The molecule has 2 N–H and O–H groups in total. The smallest absolute Gasteiger partial charge is 0.317 e. The minimum absolute atomic E-state index is 0.0896. The van der Waals surface area contributed by atoms with Crippen LogP contribution in [-0.2, 0) is 0 Å². The summed E-state index contributed by atoms with van der Waals surface area (Å²) >= 11 is 0. The van der Waals surface area contributed by atoms with Gasteiger partial charge in [0.2, 0.25) is 0 Å². The number of hydrogen-bond donors (Lipinski definition) is 2. The molecule has 4 nitrogen and oxygen atoms in total. The number of likely N-dealkylation sites (N-methyl/N-ethyl adjacent to an activating group) is 1. The zero-order valence-electron chi connectivity index (χ0n) is 9.18. The number of rotatable bonds is 3. The number of nitrogens with one attached hydrogen (secondary N) is 2. The third kappa shape index (κ3) is 3.18. The number of amides is 2. The van der Waals surface area contributed by atoms with Gasteiger partial charge in [0, 0.05) is 25.7 Å². The van der Waals surface area contributed by atoms with Gasteiger partial charge in [-0.15, -0.1) is 0 Å². The lowest BCUT2D eigenvalue weighted by atomic mass is 10.1. The van der Waals surface area contributed by atoms with Gasteiger partial charge in [-0.05, 0) is 26.3 Å². The Morgan fingerprint density at radius 1 is 1.57 bits per heavy atom. The van der Waals surface area contributed by atoms with Crippen LogP contribution < -0.4 is 10.6 Å². The van der Waals surface area contributed by atoms with E-state index in [0.717, 1.165) is 32.5 Å². The molecule has 0 saturated carbocycles. The topological polar surface area (TPSA) is 44.4 Å². The lowest BCUT2D eigenvalue weighted by molar-refractivity contribution is 0.175. The van der Waals surface area contributed by atoms with Crippen molar-refractivity contribution in [1.29, 1.82) is 0 Å². The maximum atomic E-state index is 11.6. The van der Waals surface area contributed by atoms with Crippen molar-refractivity contribution in [2.45, 2.75) is 32.2 Å². The maximum Gasteiger partial charge on any atom is 0.317 e. The monoisotopic (exact) mass is 199 g/mol. The highest BCUT2D eigenvalue weighted by Crippen LogP contribution is 2.09. The Labute approximate surface area is 86.0 Å². The molecule has 1 unspecified atom stereocenters. The second kappa shape index (κ2) is 5.86. The third-order valence-electron chi connectivity index (χ3n) is 2.64. The zero-order chi connectivity index (χ0) is 10.4. The van der Waals surface area contributed by atoms with E-state index in [1.165, 1.54) is 6.42 Å². The molecule has 0 spiro atoms. The first kappa shape index (κ1) is 11.3. The highest BCUT2D eigenvalue weighted by molar-refractivity contribution is 5.74. The standard InChI is InChI=1S/C10H21N3O/c1-3-6-12-10(14)13-7-4-5-9(8-13)11-2/h9,11H,3-8H2,1-2H3,(H,12,14). The van der Waals surface area contributed by atoms with E-state index in [9.17, 15) is 4.79 Å². The van der Waals surface area contributed by atoms with Crippen molar-refractivity contribution in [2.75, 3.05) is 26.7 Å². The Morgan fingerprint density at radius 2 is 2.36 bits per heavy atom. The van der Waals surface area contributed by atoms with Crippen LogP contribution in [0.4, 0.5) is 4.79 Å². The SMILES string of the molecule is CCCNC(=O)N1CCCC(NC)C1. The van der Waals surface area contributed by atoms with Crippen molar-refractivity contribution >= 4 is 6.03 Å². The average Bonchev–Trinajstić information content (AvgIpc) is 2.26. The van der Waals surface area contributed by atoms with E-state index in [4.69, 9.17) is 0 Å². The summed E-state index contributed by atoms with van der Waals surface area (Å²) in [6, 6.07) is 0.558. The van der Waals surface area contributed by atoms with Crippen molar-refractivity contribution in [3.8, 4) is 0 Å². The van der Waals surface area contributed by atoms with E-state index in [1.807, 2.05) is 11.9 Å². The number of nitrogens with zero attached hydrogens (tertiary/aromatic N) is 1. The fourth-order valence-corrected chi connectivity index (χ4v) is 1.74. The molecule has 1 aliphatic heterocycles. The summed E-state index contributed by atoms with van der Waals surface area (Å²) in [6.45, 7) is 4.58. The molecule has 0 aliphatic carbocycles. The molecule has 1 saturated heterocycles.